The molecule has 0 atom stereocenters. The van der Waals surface area contributed by atoms with Crippen LogP contribution in [0.2, 0.25) is 0 Å². The molecule has 0 heterocycles. The first-order chi connectivity index (χ1) is 7.58. The highest BCUT2D eigenvalue weighted by Crippen LogP contribution is 2.32. The molecule has 1 amide bonds. The van der Waals surface area contributed by atoms with Gasteiger partial charge in [-0.2, -0.15) is 0 Å². The molecule has 5 heteroatoms. The summed E-state index contributed by atoms with van der Waals surface area (Å²) in [7, 11) is 1.58. The molecule has 1 aromatic rings. The molecule has 0 aliphatic rings. The molecule has 0 saturated carbocycles. The van der Waals surface area contributed by atoms with Crippen molar-refractivity contribution in [1.29, 1.82) is 0 Å². The van der Waals surface area contributed by atoms with E-state index >= 15 is 0 Å². The standard InChI is InChI=1S/C11H13Br2NO2/c1-7-5-8(13)6-9(16-2)11(7)14-10(15)3-4-12/h5-6H,3-4H2,1-2H3,(H,14,15). The van der Waals surface area contributed by atoms with Crippen molar-refractivity contribution in [2.75, 3.05) is 17.8 Å². The van der Waals surface area contributed by atoms with Crippen molar-refractivity contribution in [3.63, 3.8) is 0 Å². The molecule has 0 radical (unpaired) electrons. The number of halogens is 2. The van der Waals surface area contributed by atoms with E-state index in [2.05, 4.69) is 37.2 Å². The number of benzene rings is 1. The summed E-state index contributed by atoms with van der Waals surface area (Å²) in [4.78, 5) is 11.5. The molecular formula is C11H13Br2NO2. The highest BCUT2D eigenvalue weighted by molar-refractivity contribution is 9.10. The van der Waals surface area contributed by atoms with E-state index in [1.54, 1.807) is 7.11 Å². The van der Waals surface area contributed by atoms with E-state index in [1.165, 1.54) is 0 Å². The number of aryl methyl sites for hydroxylation is 1. The molecule has 3 nitrogen and oxygen atoms in total. The number of anilines is 1. The number of ether oxygens (including phenoxy) is 1. The van der Waals surface area contributed by atoms with Gasteiger partial charge in [-0.15, -0.1) is 0 Å². The van der Waals surface area contributed by atoms with Gasteiger partial charge in [-0.1, -0.05) is 31.9 Å². The lowest BCUT2D eigenvalue weighted by Gasteiger charge is -2.13. The van der Waals surface area contributed by atoms with Crippen molar-refractivity contribution in [2.24, 2.45) is 0 Å². The lowest BCUT2D eigenvalue weighted by Crippen LogP contribution is -2.13. The fraction of sp³-hybridized carbons (Fsp3) is 0.364. The number of hydrogen-bond donors (Lipinski definition) is 1. The van der Waals surface area contributed by atoms with Gasteiger partial charge in [0.25, 0.3) is 0 Å². The first kappa shape index (κ1) is 13.5. The van der Waals surface area contributed by atoms with Crippen molar-refractivity contribution in [3.05, 3.63) is 22.2 Å². The summed E-state index contributed by atoms with van der Waals surface area (Å²) in [6.45, 7) is 1.93. The van der Waals surface area contributed by atoms with Crippen LogP contribution < -0.4 is 10.1 Å². The maximum atomic E-state index is 11.5. The maximum absolute atomic E-state index is 11.5. The van der Waals surface area contributed by atoms with Crippen LogP contribution in [0.25, 0.3) is 0 Å². The Morgan fingerprint density at radius 2 is 2.19 bits per heavy atom. The Morgan fingerprint density at radius 3 is 2.75 bits per heavy atom. The smallest absolute Gasteiger partial charge is 0.225 e. The first-order valence-electron chi connectivity index (χ1n) is 4.78. The molecule has 88 valence electrons. The molecule has 1 N–H and O–H groups in total. The Labute approximate surface area is 112 Å². The number of carbonyl (C=O) groups is 1. The summed E-state index contributed by atoms with van der Waals surface area (Å²) in [5.74, 6) is 0.635. The molecule has 0 saturated heterocycles. The van der Waals surface area contributed by atoms with Crippen molar-refractivity contribution in [3.8, 4) is 5.75 Å². The monoisotopic (exact) mass is 349 g/mol. The number of amides is 1. The van der Waals surface area contributed by atoms with Gasteiger partial charge in [0.15, 0.2) is 0 Å². The molecule has 1 rings (SSSR count). The summed E-state index contributed by atoms with van der Waals surface area (Å²) >= 11 is 6.61. The van der Waals surface area contributed by atoms with Gasteiger partial charge in [-0.05, 0) is 24.6 Å². The van der Waals surface area contributed by atoms with Gasteiger partial charge in [0, 0.05) is 16.2 Å². The zero-order valence-electron chi connectivity index (χ0n) is 9.14. The van der Waals surface area contributed by atoms with Gasteiger partial charge in [0.1, 0.15) is 5.75 Å². The predicted octanol–water partition coefficient (Wildman–Crippen LogP) is 3.49. The third kappa shape index (κ3) is 3.49. The third-order valence-electron chi connectivity index (χ3n) is 2.07. The minimum absolute atomic E-state index is 0.0272. The SMILES string of the molecule is COc1cc(Br)cc(C)c1NC(=O)CCBr. The van der Waals surface area contributed by atoms with Crippen LogP contribution in [0.3, 0.4) is 0 Å². The van der Waals surface area contributed by atoms with E-state index in [4.69, 9.17) is 4.74 Å². The third-order valence-corrected chi connectivity index (χ3v) is 2.92. The summed E-state index contributed by atoms with van der Waals surface area (Å²) < 4.78 is 6.16. The average Bonchev–Trinajstić information content (AvgIpc) is 2.22. The van der Waals surface area contributed by atoms with E-state index in [0.717, 1.165) is 15.7 Å². The van der Waals surface area contributed by atoms with Crippen molar-refractivity contribution in [1.82, 2.24) is 0 Å². The van der Waals surface area contributed by atoms with Crippen LogP contribution in [0, 0.1) is 6.92 Å². The number of alkyl halides is 1. The second-order valence-electron chi connectivity index (χ2n) is 3.29. The van der Waals surface area contributed by atoms with Gasteiger partial charge in [0.2, 0.25) is 5.91 Å². The highest BCUT2D eigenvalue weighted by Gasteiger charge is 2.10. The summed E-state index contributed by atoms with van der Waals surface area (Å²) in [5.41, 5.74) is 1.70. The van der Waals surface area contributed by atoms with E-state index in [1.807, 2.05) is 19.1 Å². The van der Waals surface area contributed by atoms with Gasteiger partial charge in [-0.25, -0.2) is 0 Å². The Balaban J connectivity index is 2.98. The fourth-order valence-electron chi connectivity index (χ4n) is 1.32. The lowest BCUT2D eigenvalue weighted by molar-refractivity contribution is -0.115. The lowest BCUT2D eigenvalue weighted by atomic mass is 10.2. The van der Waals surface area contributed by atoms with Crippen molar-refractivity contribution < 1.29 is 9.53 Å². The molecule has 0 fully saturated rings. The molecule has 0 unspecified atom stereocenters. The Bertz CT molecular complexity index is 394. The van der Waals surface area contributed by atoms with Crippen LogP contribution in [0.15, 0.2) is 16.6 Å². The van der Waals surface area contributed by atoms with E-state index in [-0.39, 0.29) is 5.91 Å². The average molecular weight is 351 g/mol. The predicted molar refractivity (Wildman–Crippen MR) is 72.5 cm³/mol. The second-order valence-corrected chi connectivity index (χ2v) is 5.00. The Kier molecular flexibility index (Phi) is 5.28. The van der Waals surface area contributed by atoms with Crippen molar-refractivity contribution in [2.45, 2.75) is 13.3 Å². The Hall–Kier alpha value is -0.550. The normalized spacial score (nSPS) is 10.0. The first-order valence-corrected chi connectivity index (χ1v) is 6.70. The molecule has 16 heavy (non-hydrogen) atoms. The molecule has 1 aromatic carbocycles. The van der Waals surface area contributed by atoms with Crippen LogP contribution in [-0.4, -0.2) is 18.3 Å². The van der Waals surface area contributed by atoms with E-state index < -0.39 is 0 Å². The number of methoxy groups -OCH3 is 1. The van der Waals surface area contributed by atoms with Gasteiger partial charge < -0.3 is 10.1 Å². The molecular weight excluding hydrogens is 338 g/mol. The van der Waals surface area contributed by atoms with Gasteiger partial charge >= 0.3 is 0 Å². The number of rotatable bonds is 4. The number of hydrogen-bond acceptors (Lipinski definition) is 2. The van der Waals surface area contributed by atoms with Crippen LogP contribution >= 0.6 is 31.9 Å². The van der Waals surface area contributed by atoms with Crippen LogP contribution in [-0.2, 0) is 4.79 Å². The minimum Gasteiger partial charge on any atom is -0.495 e. The van der Waals surface area contributed by atoms with Gasteiger partial charge in [-0.3, -0.25) is 4.79 Å². The maximum Gasteiger partial charge on any atom is 0.225 e. The molecule has 0 aromatic heterocycles. The second kappa shape index (κ2) is 6.25. The number of nitrogens with one attached hydrogen (secondary N) is 1. The topological polar surface area (TPSA) is 38.3 Å². The summed E-state index contributed by atoms with van der Waals surface area (Å²) in [6.07, 6.45) is 0.443. The largest absolute Gasteiger partial charge is 0.495 e. The molecule has 0 aliphatic heterocycles. The molecule has 0 spiro atoms. The van der Waals surface area contributed by atoms with Crippen LogP contribution in [0.1, 0.15) is 12.0 Å². The van der Waals surface area contributed by atoms with Crippen LogP contribution in [0.4, 0.5) is 5.69 Å². The van der Waals surface area contributed by atoms with E-state index in [9.17, 15) is 4.79 Å². The Morgan fingerprint density at radius 1 is 1.50 bits per heavy atom. The number of carbonyl (C=O) groups excluding carboxylic acids is 1. The zero-order chi connectivity index (χ0) is 12.1. The quantitative estimate of drug-likeness (QED) is 0.844. The molecule has 0 aliphatic carbocycles. The highest BCUT2D eigenvalue weighted by atomic mass is 79.9. The molecule has 0 bridgehead atoms. The van der Waals surface area contributed by atoms with Gasteiger partial charge in [0.05, 0.1) is 12.8 Å². The fourth-order valence-corrected chi connectivity index (χ4v) is 2.23. The van der Waals surface area contributed by atoms with Crippen LogP contribution in [0.5, 0.6) is 5.75 Å². The zero-order valence-corrected chi connectivity index (χ0v) is 12.3. The summed E-state index contributed by atoms with van der Waals surface area (Å²) in [5, 5.41) is 3.49. The minimum atomic E-state index is -0.0272. The van der Waals surface area contributed by atoms with Crippen molar-refractivity contribution >= 4 is 43.5 Å². The van der Waals surface area contributed by atoms with E-state index in [0.29, 0.717) is 17.5 Å². The summed E-state index contributed by atoms with van der Waals surface area (Å²) in [6, 6.07) is 3.77.